The van der Waals surface area contributed by atoms with Crippen LogP contribution in [0.15, 0.2) is 103 Å². The number of nitrogens with one attached hydrogen (secondary N) is 1. The molecule has 5 aromatic rings. The largest absolute Gasteiger partial charge is 0.350 e. The van der Waals surface area contributed by atoms with Crippen molar-refractivity contribution in [1.29, 1.82) is 0 Å². The maximum absolute atomic E-state index is 13.9. The molecule has 0 spiro atoms. The first-order valence-corrected chi connectivity index (χ1v) is 12.4. The molecule has 2 amide bonds. The van der Waals surface area contributed by atoms with Crippen LogP contribution in [0.1, 0.15) is 22.7 Å². The van der Waals surface area contributed by atoms with Crippen LogP contribution in [0.2, 0.25) is 0 Å². The van der Waals surface area contributed by atoms with Crippen LogP contribution in [0.25, 0.3) is 11.0 Å². The molecule has 0 fully saturated rings. The molecule has 1 N–H and O–H groups in total. The minimum absolute atomic E-state index is 0.0509. The van der Waals surface area contributed by atoms with Crippen molar-refractivity contribution in [2.45, 2.75) is 25.7 Å². The highest BCUT2D eigenvalue weighted by Gasteiger charge is 2.32. The number of para-hydroxylation sites is 1. The fraction of sp³-hybridized carbons (Fsp3) is 0.133. The van der Waals surface area contributed by atoms with Gasteiger partial charge in [-0.25, -0.2) is 13.5 Å². The molecule has 0 saturated carbocycles. The molecule has 9 heteroatoms. The maximum atomic E-state index is 13.9. The van der Waals surface area contributed by atoms with Crippen molar-refractivity contribution in [3.05, 3.63) is 131 Å². The number of halogens is 2. The molecular weight excluding hydrogens is 500 g/mol. The van der Waals surface area contributed by atoms with Gasteiger partial charge in [0, 0.05) is 13.1 Å². The Morgan fingerprint density at radius 3 is 2.10 bits per heavy atom. The van der Waals surface area contributed by atoms with E-state index in [2.05, 4.69) is 15.6 Å². The lowest BCUT2D eigenvalue weighted by Gasteiger charge is -2.31. The molecule has 0 saturated heterocycles. The molecule has 0 unspecified atom stereocenters. The summed E-state index contributed by atoms with van der Waals surface area (Å²) in [6, 6.07) is 26.9. The molecule has 1 heterocycles. The van der Waals surface area contributed by atoms with Crippen LogP contribution in [0.3, 0.4) is 0 Å². The molecule has 0 bridgehead atoms. The van der Waals surface area contributed by atoms with Crippen molar-refractivity contribution in [1.82, 2.24) is 25.2 Å². The lowest BCUT2D eigenvalue weighted by atomic mass is 10.0. The number of nitrogens with zero attached hydrogens (tertiary/aromatic N) is 4. The first kappa shape index (κ1) is 25.7. The van der Waals surface area contributed by atoms with E-state index in [4.69, 9.17) is 0 Å². The van der Waals surface area contributed by atoms with E-state index >= 15 is 0 Å². The minimum Gasteiger partial charge on any atom is -0.350 e. The third-order valence-electron chi connectivity index (χ3n) is 6.35. The second kappa shape index (κ2) is 11.6. The standard InChI is InChI=1S/C30H25F2N5O2/c31-24-14-10-21(11-15-24)18-33-30(39)29(23-6-2-1-3-7-23)36(19-22-12-16-25(32)17-13-22)28(38)20-37-27-9-5-4-8-26(27)34-35-37/h1-17,29H,18-20H2,(H,33,39)/t29-/m1/s1. The SMILES string of the molecule is O=C(NCc1ccc(F)cc1)[C@@H](c1ccccc1)N(Cc1ccc(F)cc1)C(=O)Cn1nnc2ccccc21. The van der Waals surface area contributed by atoms with Crippen molar-refractivity contribution in [2.24, 2.45) is 0 Å². The van der Waals surface area contributed by atoms with Crippen molar-refractivity contribution >= 4 is 22.8 Å². The summed E-state index contributed by atoms with van der Waals surface area (Å²) in [6.07, 6.45) is 0. The first-order valence-electron chi connectivity index (χ1n) is 12.4. The molecule has 5 rings (SSSR count). The second-order valence-corrected chi connectivity index (χ2v) is 9.04. The predicted octanol–water partition coefficient (Wildman–Crippen LogP) is 4.80. The zero-order chi connectivity index (χ0) is 27.2. The lowest BCUT2D eigenvalue weighted by Crippen LogP contribution is -2.44. The van der Waals surface area contributed by atoms with Gasteiger partial charge in [0.1, 0.15) is 29.7 Å². The van der Waals surface area contributed by atoms with Crippen LogP contribution >= 0.6 is 0 Å². The number of carbonyl (C=O) groups excluding carboxylic acids is 2. The quantitative estimate of drug-likeness (QED) is 0.300. The molecule has 0 aliphatic rings. The van der Waals surface area contributed by atoms with Gasteiger partial charge in [0.2, 0.25) is 11.8 Å². The van der Waals surface area contributed by atoms with Crippen molar-refractivity contribution in [3.8, 4) is 0 Å². The highest BCUT2D eigenvalue weighted by Crippen LogP contribution is 2.25. The molecule has 196 valence electrons. The van der Waals surface area contributed by atoms with Crippen LogP contribution in [0.4, 0.5) is 8.78 Å². The second-order valence-electron chi connectivity index (χ2n) is 9.04. The number of amides is 2. The number of carbonyl (C=O) groups is 2. The van der Waals surface area contributed by atoms with Crippen LogP contribution in [-0.2, 0) is 29.2 Å². The predicted molar refractivity (Wildman–Crippen MR) is 142 cm³/mol. The van der Waals surface area contributed by atoms with Gasteiger partial charge in [0.25, 0.3) is 0 Å². The van der Waals surface area contributed by atoms with E-state index in [0.717, 1.165) is 0 Å². The summed E-state index contributed by atoms with van der Waals surface area (Å²) in [5.74, 6) is -1.56. The van der Waals surface area contributed by atoms with Gasteiger partial charge in [-0.2, -0.15) is 0 Å². The summed E-state index contributed by atoms with van der Waals surface area (Å²) < 4.78 is 28.5. The summed E-state index contributed by atoms with van der Waals surface area (Å²) >= 11 is 0. The number of benzene rings is 4. The summed E-state index contributed by atoms with van der Waals surface area (Å²) in [5.41, 5.74) is 3.30. The average Bonchev–Trinajstić information content (AvgIpc) is 3.36. The lowest BCUT2D eigenvalue weighted by molar-refractivity contribution is -0.142. The Hall–Kier alpha value is -4.92. The molecule has 0 aliphatic heterocycles. The highest BCUT2D eigenvalue weighted by atomic mass is 19.1. The number of hydrogen-bond acceptors (Lipinski definition) is 4. The average molecular weight is 526 g/mol. The maximum Gasteiger partial charge on any atom is 0.247 e. The molecule has 39 heavy (non-hydrogen) atoms. The fourth-order valence-electron chi connectivity index (χ4n) is 4.36. The van der Waals surface area contributed by atoms with Gasteiger partial charge in [-0.3, -0.25) is 9.59 Å². The molecule has 7 nitrogen and oxygen atoms in total. The molecule has 0 aliphatic carbocycles. The van der Waals surface area contributed by atoms with Crippen molar-refractivity contribution in [2.75, 3.05) is 0 Å². The van der Waals surface area contributed by atoms with E-state index in [1.165, 1.54) is 33.8 Å². The van der Waals surface area contributed by atoms with E-state index in [1.807, 2.05) is 24.3 Å². The van der Waals surface area contributed by atoms with Gasteiger partial charge in [-0.15, -0.1) is 5.10 Å². The molecule has 0 radical (unpaired) electrons. The summed E-state index contributed by atoms with van der Waals surface area (Å²) in [5, 5.41) is 11.1. The summed E-state index contributed by atoms with van der Waals surface area (Å²) in [6.45, 7) is 0.0420. The Bertz CT molecular complexity index is 1570. The van der Waals surface area contributed by atoms with Crippen molar-refractivity contribution < 1.29 is 18.4 Å². The summed E-state index contributed by atoms with van der Waals surface area (Å²) in [4.78, 5) is 29.1. The summed E-state index contributed by atoms with van der Waals surface area (Å²) in [7, 11) is 0. The smallest absolute Gasteiger partial charge is 0.247 e. The third-order valence-corrected chi connectivity index (χ3v) is 6.35. The normalized spacial score (nSPS) is 11.7. The van der Waals surface area contributed by atoms with E-state index in [-0.39, 0.29) is 31.4 Å². The minimum atomic E-state index is -1.00. The van der Waals surface area contributed by atoms with Crippen molar-refractivity contribution in [3.63, 3.8) is 0 Å². The van der Waals surface area contributed by atoms with E-state index in [9.17, 15) is 18.4 Å². The van der Waals surface area contributed by atoms with Gasteiger partial charge in [0.15, 0.2) is 0 Å². The van der Waals surface area contributed by atoms with Gasteiger partial charge < -0.3 is 10.2 Å². The van der Waals surface area contributed by atoms with Crippen LogP contribution in [-0.4, -0.2) is 31.7 Å². The van der Waals surface area contributed by atoms with E-state index in [0.29, 0.717) is 27.7 Å². The number of hydrogen-bond donors (Lipinski definition) is 1. The Kier molecular flexibility index (Phi) is 7.68. The Morgan fingerprint density at radius 2 is 1.41 bits per heavy atom. The molecule has 4 aromatic carbocycles. The zero-order valence-electron chi connectivity index (χ0n) is 20.9. The van der Waals surface area contributed by atoms with Crippen LogP contribution in [0, 0.1) is 11.6 Å². The highest BCUT2D eigenvalue weighted by molar-refractivity contribution is 5.89. The number of rotatable bonds is 9. The van der Waals surface area contributed by atoms with Gasteiger partial charge >= 0.3 is 0 Å². The van der Waals surface area contributed by atoms with E-state index < -0.39 is 17.8 Å². The topological polar surface area (TPSA) is 80.1 Å². The fourth-order valence-corrected chi connectivity index (χ4v) is 4.36. The zero-order valence-corrected chi connectivity index (χ0v) is 20.9. The Balaban J connectivity index is 1.48. The number of aromatic nitrogens is 3. The van der Waals surface area contributed by atoms with Gasteiger partial charge in [-0.05, 0) is 53.1 Å². The third kappa shape index (κ3) is 6.15. The van der Waals surface area contributed by atoms with Gasteiger partial charge in [0.05, 0.1) is 5.52 Å². The van der Waals surface area contributed by atoms with Crippen LogP contribution in [0.5, 0.6) is 0 Å². The molecule has 1 atom stereocenters. The molecular formula is C30H25F2N5O2. The van der Waals surface area contributed by atoms with E-state index in [1.54, 1.807) is 54.6 Å². The first-order chi connectivity index (χ1) is 19.0. The number of fused-ring (bicyclic) bond motifs is 1. The monoisotopic (exact) mass is 525 g/mol. The van der Waals surface area contributed by atoms with Crippen LogP contribution < -0.4 is 5.32 Å². The van der Waals surface area contributed by atoms with Gasteiger partial charge in [-0.1, -0.05) is 71.9 Å². The Morgan fingerprint density at radius 1 is 0.795 bits per heavy atom. The molecule has 1 aromatic heterocycles. The Labute approximate surface area is 223 Å².